The molecule has 2 N–H and O–H groups in total. The van der Waals surface area contributed by atoms with Crippen LogP contribution in [0.3, 0.4) is 0 Å². The molecule has 0 aromatic rings. The third-order valence-corrected chi connectivity index (χ3v) is 3.61. The van der Waals surface area contributed by atoms with Crippen LogP contribution >= 0.6 is 0 Å². The molecule has 1 rings (SSSR count). The molecule has 1 aliphatic rings. The van der Waals surface area contributed by atoms with E-state index in [4.69, 9.17) is 0 Å². The highest BCUT2D eigenvalue weighted by molar-refractivity contribution is 7.88. The van der Waals surface area contributed by atoms with Gasteiger partial charge in [0, 0.05) is 19.6 Å². The Kier molecular flexibility index (Phi) is 6.59. The molecule has 1 amide bonds. The van der Waals surface area contributed by atoms with Gasteiger partial charge in [-0.3, -0.25) is 4.79 Å². The molecule has 0 radical (unpaired) electrons. The van der Waals surface area contributed by atoms with Crippen LogP contribution in [0.15, 0.2) is 0 Å². The molecule has 0 saturated carbocycles. The number of likely N-dealkylation sites (tertiary alicyclic amines) is 1. The second kappa shape index (κ2) is 7.70. The molecular weight excluding hydrogens is 254 g/mol. The number of amides is 1. The third-order valence-electron chi connectivity index (χ3n) is 2.88. The summed E-state index contributed by atoms with van der Waals surface area (Å²) in [6.45, 7) is 3.14. The van der Waals surface area contributed by atoms with Crippen molar-refractivity contribution in [3.05, 3.63) is 0 Å². The van der Waals surface area contributed by atoms with Gasteiger partial charge in [0.05, 0.1) is 12.8 Å². The van der Waals surface area contributed by atoms with Gasteiger partial charge in [0.1, 0.15) is 0 Å². The van der Waals surface area contributed by atoms with Gasteiger partial charge in [-0.1, -0.05) is 0 Å². The lowest BCUT2D eigenvalue weighted by Crippen LogP contribution is -2.41. The van der Waals surface area contributed by atoms with Crippen LogP contribution in [0.1, 0.15) is 25.7 Å². The number of piperidine rings is 1. The van der Waals surface area contributed by atoms with Crippen LogP contribution in [-0.4, -0.2) is 58.2 Å². The van der Waals surface area contributed by atoms with Crippen LogP contribution in [0.25, 0.3) is 0 Å². The highest BCUT2D eigenvalue weighted by Gasteiger charge is 2.15. The molecule has 0 aliphatic carbocycles. The van der Waals surface area contributed by atoms with Crippen LogP contribution < -0.4 is 10.0 Å². The Morgan fingerprint density at radius 1 is 1.17 bits per heavy atom. The fourth-order valence-corrected chi connectivity index (χ4v) is 2.44. The van der Waals surface area contributed by atoms with Gasteiger partial charge in [0.25, 0.3) is 0 Å². The van der Waals surface area contributed by atoms with E-state index in [-0.39, 0.29) is 5.91 Å². The summed E-state index contributed by atoms with van der Waals surface area (Å²) in [7, 11) is -3.10. The average molecular weight is 277 g/mol. The number of sulfonamides is 1. The largest absolute Gasteiger partial charge is 0.342 e. The van der Waals surface area contributed by atoms with E-state index in [1.54, 1.807) is 0 Å². The van der Waals surface area contributed by atoms with Crippen LogP contribution in [0.2, 0.25) is 0 Å². The van der Waals surface area contributed by atoms with Gasteiger partial charge in [0.15, 0.2) is 0 Å². The third kappa shape index (κ3) is 6.93. The van der Waals surface area contributed by atoms with E-state index in [0.717, 1.165) is 32.2 Å². The van der Waals surface area contributed by atoms with E-state index < -0.39 is 10.0 Å². The van der Waals surface area contributed by atoms with Gasteiger partial charge in [-0.25, -0.2) is 13.1 Å². The van der Waals surface area contributed by atoms with Crippen molar-refractivity contribution in [1.29, 1.82) is 0 Å². The number of carbonyl (C=O) groups excluding carboxylic acids is 1. The van der Waals surface area contributed by atoms with Gasteiger partial charge in [-0.05, 0) is 32.2 Å². The van der Waals surface area contributed by atoms with Crippen molar-refractivity contribution in [2.45, 2.75) is 25.7 Å². The lowest BCUT2D eigenvalue weighted by atomic mass is 10.1. The Labute approximate surface area is 109 Å². The Morgan fingerprint density at radius 3 is 2.44 bits per heavy atom. The minimum absolute atomic E-state index is 0.144. The predicted molar refractivity (Wildman–Crippen MR) is 70.8 cm³/mol. The molecule has 0 unspecified atom stereocenters. The number of carbonyl (C=O) groups is 1. The first-order valence-corrected chi connectivity index (χ1v) is 8.31. The second-order valence-electron chi connectivity index (χ2n) is 4.64. The van der Waals surface area contributed by atoms with E-state index in [0.29, 0.717) is 26.1 Å². The summed E-state index contributed by atoms with van der Waals surface area (Å²) in [5, 5.41) is 3.04. The fourth-order valence-electron chi connectivity index (χ4n) is 1.92. The maximum absolute atomic E-state index is 11.7. The van der Waals surface area contributed by atoms with Crippen molar-refractivity contribution in [2.24, 2.45) is 0 Å². The van der Waals surface area contributed by atoms with Crippen molar-refractivity contribution in [1.82, 2.24) is 14.9 Å². The number of hydrogen-bond donors (Lipinski definition) is 2. The zero-order valence-electron chi connectivity index (χ0n) is 10.9. The van der Waals surface area contributed by atoms with Gasteiger partial charge in [-0.2, -0.15) is 0 Å². The van der Waals surface area contributed by atoms with Crippen molar-refractivity contribution in [2.75, 3.05) is 39.0 Å². The lowest BCUT2D eigenvalue weighted by molar-refractivity contribution is -0.131. The summed E-state index contributed by atoms with van der Waals surface area (Å²) in [5.41, 5.74) is 0. The van der Waals surface area contributed by atoms with Gasteiger partial charge in [0.2, 0.25) is 15.9 Å². The maximum atomic E-state index is 11.7. The molecule has 0 aromatic carbocycles. The summed E-state index contributed by atoms with van der Waals surface area (Å²) in [6.07, 6.45) is 5.24. The fraction of sp³-hybridized carbons (Fsp3) is 0.909. The first kappa shape index (κ1) is 15.4. The summed E-state index contributed by atoms with van der Waals surface area (Å²) in [5.74, 6) is 0.144. The van der Waals surface area contributed by atoms with Crippen LogP contribution in [-0.2, 0) is 14.8 Å². The number of hydrogen-bond acceptors (Lipinski definition) is 4. The normalized spacial score (nSPS) is 16.8. The minimum Gasteiger partial charge on any atom is -0.342 e. The molecule has 7 heteroatoms. The van der Waals surface area contributed by atoms with Crippen molar-refractivity contribution < 1.29 is 13.2 Å². The van der Waals surface area contributed by atoms with Crippen molar-refractivity contribution in [3.63, 3.8) is 0 Å². The Balaban J connectivity index is 2.01. The Hall–Kier alpha value is -0.660. The van der Waals surface area contributed by atoms with E-state index in [1.807, 2.05) is 4.90 Å². The number of rotatable bonds is 7. The van der Waals surface area contributed by atoms with E-state index >= 15 is 0 Å². The number of nitrogens with one attached hydrogen (secondary N) is 2. The molecule has 18 heavy (non-hydrogen) atoms. The van der Waals surface area contributed by atoms with Crippen molar-refractivity contribution >= 4 is 15.9 Å². The minimum atomic E-state index is -3.10. The molecule has 1 saturated heterocycles. The topological polar surface area (TPSA) is 78.5 Å². The molecule has 0 bridgehead atoms. The SMILES string of the molecule is CS(=O)(=O)NCCCNCC(=O)N1CCCCC1. The summed E-state index contributed by atoms with van der Waals surface area (Å²) >= 11 is 0. The van der Waals surface area contributed by atoms with Crippen LogP contribution in [0, 0.1) is 0 Å². The van der Waals surface area contributed by atoms with Crippen molar-refractivity contribution in [3.8, 4) is 0 Å². The second-order valence-corrected chi connectivity index (χ2v) is 6.47. The van der Waals surface area contributed by atoms with Gasteiger partial charge in [-0.15, -0.1) is 0 Å². The predicted octanol–water partition coefficient (Wildman–Crippen LogP) is -0.472. The molecule has 106 valence electrons. The van der Waals surface area contributed by atoms with E-state index in [2.05, 4.69) is 10.0 Å². The average Bonchev–Trinajstić information content (AvgIpc) is 2.33. The smallest absolute Gasteiger partial charge is 0.236 e. The Bertz CT molecular complexity index is 351. The summed E-state index contributed by atoms with van der Waals surface area (Å²) in [6, 6.07) is 0. The quantitative estimate of drug-likeness (QED) is 0.617. The molecule has 0 atom stereocenters. The van der Waals surface area contributed by atoms with Gasteiger partial charge >= 0.3 is 0 Å². The Morgan fingerprint density at radius 2 is 1.83 bits per heavy atom. The first-order valence-electron chi connectivity index (χ1n) is 6.42. The number of nitrogens with zero attached hydrogens (tertiary/aromatic N) is 1. The molecule has 1 fully saturated rings. The first-order chi connectivity index (χ1) is 8.49. The van der Waals surface area contributed by atoms with Crippen LogP contribution in [0.5, 0.6) is 0 Å². The standard InChI is InChI=1S/C11H23N3O3S/c1-18(16,17)13-7-5-6-12-10-11(15)14-8-3-2-4-9-14/h12-13H,2-10H2,1H3. The van der Waals surface area contributed by atoms with Crippen LogP contribution in [0.4, 0.5) is 0 Å². The monoisotopic (exact) mass is 277 g/mol. The molecule has 1 heterocycles. The molecule has 0 aromatic heterocycles. The zero-order chi connectivity index (χ0) is 13.4. The molecule has 1 aliphatic heterocycles. The highest BCUT2D eigenvalue weighted by atomic mass is 32.2. The van der Waals surface area contributed by atoms with E-state index in [1.165, 1.54) is 6.42 Å². The summed E-state index contributed by atoms with van der Waals surface area (Å²) < 4.78 is 24.0. The lowest BCUT2D eigenvalue weighted by Gasteiger charge is -2.26. The maximum Gasteiger partial charge on any atom is 0.236 e. The van der Waals surface area contributed by atoms with Gasteiger partial charge < -0.3 is 10.2 Å². The van der Waals surface area contributed by atoms with E-state index in [9.17, 15) is 13.2 Å². The summed E-state index contributed by atoms with van der Waals surface area (Å²) in [4.78, 5) is 13.6. The molecular formula is C11H23N3O3S. The highest BCUT2D eigenvalue weighted by Crippen LogP contribution is 2.07. The molecule has 6 nitrogen and oxygen atoms in total. The molecule has 0 spiro atoms. The zero-order valence-corrected chi connectivity index (χ0v) is 11.8.